The quantitative estimate of drug-likeness (QED) is 0.248. The van der Waals surface area contributed by atoms with Gasteiger partial charge in [0, 0.05) is 47.7 Å². The summed E-state index contributed by atoms with van der Waals surface area (Å²) in [4.78, 5) is 0. The molecule has 0 bridgehead atoms. The van der Waals surface area contributed by atoms with Crippen molar-refractivity contribution in [1.29, 1.82) is 0 Å². The number of rotatable bonds is 6. The van der Waals surface area contributed by atoms with E-state index in [1.54, 1.807) is 14.2 Å². The average Bonchev–Trinajstić information content (AvgIpc) is 3.21. The van der Waals surface area contributed by atoms with Crippen molar-refractivity contribution in [3.05, 3.63) is 79.7 Å². The van der Waals surface area contributed by atoms with E-state index in [-0.39, 0.29) is 24.2 Å². The molecule has 0 atom stereocenters. The van der Waals surface area contributed by atoms with Gasteiger partial charge < -0.3 is 18.8 Å². The molecule has 156 valence electrons. The molecule has 3 aromatic rings. The fraction of sp³-hybridized carbons (Fsp3) is 0.227. The van der Waals surface area contributed by atoms with Crippen LogP contribution in [0.1, 0.15) is 11.1 Å². The second-order valence-corrected chi connectivity index (χ2v) is 5.45. The number of benzene rings is 2. The minimum absolute atomic E-state index is 0. The van der Waals surface area contributed by atoms with Crippen molar-refractivity contribution in [2.45, 2.75) is 13.5 Å². The molecule has 0 N–H and O–H groups in total. The predicted molar refractivity (Wildman–Crippen MR) is 103 cm³/mol. The minimum atomic E-state index is 0. The van der Waals surface area contributed by atoms with Gasteiger partial charge in [-0.25, -0.2) is 0 Å². The van der Waals surface area contributed by atoms with Crippen LogP contribution in [0.15, 0.2) is 48.7 Å². The standard InChI is InChI=1S/C19H21NO3.3CO.Cr/c1-14-5-4-6-16(12-23-13-21-2)19(14)20-10-9-15-7-8-17(22-3)11-18(15)20;3*1-2;/h4-11H,12-13H2,1-3H3;;;;. The first-order valence-corrected chi connectivity index (χ1v) is 8.16. The number of aromatic nitrogens is 1. The number of hydrogen-bond acceptors (Lipinski definition) is 3. The fourth-order valence-corrected chi connectivity index (χ4v) is 2.85. The summed E-state index contributed by atoms with van der Waals surface area (Å²) in [6.45, 7) is 16.4. The molecule has 0 amide bonds. The monoisotopic (exact) mass is 447 g/mol. The molecule has 1 aromatic heterocycles. The first-order chi connectivity index (χ1) is 14.2. The molecule has 0 aliphatic heterocycles. The largest absolute Gasteiger partial charge is 0 e. The molecule has 0 saturated heterocycles. The van der Waals surface area contributed by atoms with Crippen LogP contribution in [0.3, 0.4) is 0 Å². The molecular weight excluding hydrogens is 426 g/mol. The van der Waals surface area contributed by atoms with Gasteiger partial charge in [-0.05, 0) is 30.7 Å². The summed E-state index contributed by atoms with van der Waals surface area (Å²) in [5, 5.41) is 1.18. The Balaban J connectivity index is 0. The molecule has 0 unspecified atom stereocenters. The van der Waals surface area contributed by atoms with Crippen molar-refractivity contribution in [2.75, 3.05) is 21.0 Å². The maximum atomic E-state index is 7.50. The molecule has 0 spiro atoms. The zero-order valence-corrected chi connectivity index (χ0v) is 18.1. The summed E-state index contributed by atoms with van der Waals surface area (Å²) >= 11 is 0. The first-order valence-electron chi connectivity index (χ1n) is 8.16. The zero-order chi connectivity index (χ0) is 22.2. The fourth-order valence-electron chi connectivity index (χ4n) is 2.85. The van der Waals surface area contributed by atoms with Gasteiger partial charge in [0.1, 0.15) is 12.5 Å². The summed E-state index contributed by atoms with van der Waals surface area (Å²) in [6.07, 6.45) is 2.09. The summed E-state index contributed by atoms with van der Waals surface area (Å²) in [5.74, 6) is 0.850. The van der Waals surface area contributed by atoms with Crippen molar-refractivity contribution in [1.82, 2.24) is 4.57 Å². The van der Waals surface area contributed by atoms with E-state index < -0.39 is 0 Å². The van der Waals surface area contributed by atoms with Crippen LogP contribution in [0, 0.1) is 26.9 Å². The number of hydrogen-bond donors (Lipinski definition) is 0. The smallest absolute Gasteiger partial charge is 0 e. The minimum Gasteiger partial charge on any atom is 0 e. The topological polar surface area (TPSA) is 92.3 Å². The summed E-state index contributed by atoms with van der Waals surface area (Å²) in [6, 6.07) is 14.5. The molecule has 8 heteroatoms. The van der Waals surface area contributed by atoms with Gasteiger partial charge in [0.2, 0.25) is 0 Å². The molecule has 0 radical (unpaired) electrons. The zero-order valence-electron chi connectivity index (χ0n) is 16.8. The maximum absolute atomic E-state index is 7.50. The second-order valence-electron chi connectivity index (χ2n) is 5.45. The molecule has 0 saturated carbocycles. The van der Waals surface area contributed by atoms with Gasteiger partial charge >= 0.3 is 33.9 Å². The van der Waals surface area contributed by atoms with Crippen LogP contribution in [-0.4, -0.2) is 25.6 Å². The Bertz CT molecular complexity index is 931. The Morgan fingerprint density at radius 2 is 1.60 bits per heavy atom. The normalized spacial score (nSPS) is 8.70. The molecule has 0 aliphatic rings. The Hall–Kier alpha value is -2.55. The van der Waals surface area contributed by atoms with Crippen molar-refractivity contribution in [3.63, 3.8) is 0 Å². The van der Waals surface area contributed by atoms with E-state index >= 15 is 0 Å². The van der Waals surface area contributed by atoms with E-state index in [1.165, 1.54) is 10.9 Å². The number of fused-ring (bicyclic) bond motifs is 1. The molecule has 0 fully saturated rings. The molecule has 1 heterocycles. The molecule has 0 aliphatic carbocycles. The summed E-state index contributed by atoms with van der Waals surface area (Å²) < 4.78 is 40.6. The Labute approximate surface area is 186 Å². The second kappa shape index (κ2) is 17.3. The van der Waals surface area contributed by atoms with Crippen LogP contribution in [0.4, 0.5) is 0 Å². The third-order valence-corrected chi connectivity index (χ3v) is 3.92. The van der Waals surface area contributed by atoms with Crippen LogP contribution in [0.2, 0.25) is 0 Å². The molecule has 30 heavy (non-hydrogen) atoms. The van der Waals surface area contributed by atoms with Crippen molar-refractivity contribution < 1.29 is 45.5 Å². The number of aryl methyl sites for hydroxylation is 1. The van der Waals surface area contributed by atoms with E-state index in [0.29, 0.717) is 6.61 Å². The van der Waals surface area contributed by atoms with Gasteiger partial charge in [-0.2, -0.15) is 0 Å². The van der Waals surface area contributed by atoms with Crippen LogP contribution in [0.25, 0.3) is 16.6 Å². The Morgan fingerprint density at radius 1 is 0.933 bits per heavy atom. The molecule has 7 nitrogen and oxygen atoms in total. The third kappa shape index (κ3) is 7.70. The van der Waals surface area contributed by atoms with Gasteiger partial charge in [0.05, 0.1) is 24.9 Å². The molecule has 3 rings (SSSR count). The van der Waals surface area contributed by atoms with Crippen LogP contribution >= 0.6 is 0 Å². The van der Waals surface area contributed by atoms with Gasteiger partial charge in [-0.1, -0.05) is 18.2 Å². The van der Waals surface area contributed by atoms with E-state index in [0.717, 1.165) is 22.5 Å². The van der Waals surface area contributed by atoms with Crippen LogP contribution < -0.4 is 4.74 Å². The van der Waals surface area contributed by atoms with Gasteiger partial charge in [0.25, 0.3) is 0 Å². The van der Waals surface area contributed by atoms with Gasteiger partial charge in [0.15, 0.2) is 0 Å². The van der Waals surface area contributed by atoms with Crippen LogP contribution in [-0.2, 0) is 47.4 Å². The number of ether oxygens (including phenoxy) is 3. The van der Waals surface area contributed by atoms with Crippen LogP contribution in [0.5, 0.6) is 5.75 Å². The summed E-state index contributed by atoms with van der Waals surface area (Å²) in [5.41, 5.74) is 4.59. The van der Waals surface area contributed by atoms with E-state index in [4.69, 9.17) is 28.2 Å². The van der Waals surface area contributed by atoms with Gasteiger partial charge in [-0.3, -0.25) is 0 Å². The number of para-hydroxylation sites is 1. The average molecular weight is 447 g/mol. The van der Waals surface area contributed by atoms with E-state index in [1.807, 2.05) is 6.07 Å². The van der Waals surface area contributed by atoms with Crippen molar-refractivity contribution >= 4 is 10.9 Å². The molecule has 2 aromatic carbocycles. The Morgan fingerprint density at radius 3 is 2.20 bits per heavy atom. The third-order valence-electron chi connectivity index (χ3n) is 3.92. The maximum Gasteiger partial charge on any atom is 0 e. The first kappa shape index (κ1) is 29.7. The number of nitrogens with zero attached hydrogens (tertiary/aromatic N) is 1. The Kier molecular flexibility index (Phi) is 17.1. The SMILES string of the molecule is COCOCc1cccc(C)c1-n1ccc2ccc(OC)cc21.[C-]#[O+].[C-]#[O+].[C-]#[O+].[Cr]. The van der Waals surface area contributed by atoms with E-state index in [2.05, 4.69) is 74.0 Å². The van der Waals surface area contributed by atoms with Crippen molar-refractivity contribution in [3.8, 4) is 11.4 Å². The number of methoxy groups -OCH3 is 2. The van der Waals surface area contributed by atoms with Gasteiger partial charge in [-0.15, -0.1) is 0 Å². The molecular formula is C22H21CrNO6. The predicted octanol–water partition coefficient (Wildman–Crippen LogP) is 3.95. The van der Waals surface area contributed by atoms with Crippen molar-refractivity contribution in [2.24, 2.45) is 0 Å². The summed E-state index contributed by atoms with van der Waals surface area (Å²) in [7, 11) is 3.31. The van der Waals surface area contributed by atoms with E-state index in [9.17, 15) is 0 Å².